The molecule has 2 rings (SSSR count). The molecule has 134 valence electrons. The molecule has 0 unspecified atom stereocenters. The quantitative estimate of drug-likeness (QED) is 0.817. The lowest BCUT2D eigenvalue weighted by Gasteiger charge is -2.32. The van der Waals surface area contributed by atoms with E-state index in [0.29, 0.717) is 25.9 Å². The van der Waals surface area contributed by atoms with Gasteiger partial charge < -0.3 is 10.1 Å². The van der Waals surface area contributed by atoms with E-state index in [0.717, 1.165) is 4.47 Å². The molecule has 0 radical (unpaired) electrons. The van der Waals surface area contributed by atoms with Gasteiger partial charge in [-0.05, 0) is 51.8 Å². The zero-order valence-corrected chi connectivity index (χ0v) is 16.5. The minimum Gasteiger partial charge on any atom is -0.444 e. The Morgan fingerprint density at radius 3 is 2.46 bits per heavy atom. The van der Waals surface area contributed by atoms with Gasteiger partial charge in [-0.25, -0.2) is 13.2 Å². The average Bonchev–Trinajstić information content (AvgIpc) is 2.45. The first kappa shape index (κ1) is 19.2. The topological polar surface area (TPSA) is 75.7 Å². The van der Waals surface area contributed by atoms with Crippen molar-refractivity contribution in [1.29, 1.82) is 0 Å². The second-order valence-corrected chi connectivity index (χ2v) is 9.64. The van der Waals surface area contributed by atoms with Crippen LogP contribution in [0.2, 0.25) is 0 Å². The van der Waals surface area contributed by atoms with E-state index in [9.17, 15) is 13.2 Å². The van der Waals surface area contributed by atoms with Gasteiger partial charge in [-0.3, -0.25) is 0 Å². The van der Waals surface area contributed by atoms with Gasteiger partial charge in [0, 0.05) is 23.6 Å². The first-order chi connectivity index (χ1) is 11.1. The van der Waals surface area contributed by atoms with Crippen molar-refractivity contribution >= 4 is 32.0 Å². The number of ether oxygens (including phenoxy) is 1. The summed E-state index contributed by atoms with van der Waals surface area (Å²) in [5.41, 5.74) is -0.547. The summed E-state index contributed by atoms with van der Waals surface area (Å²) >= 11 is 3.29. The van der Waals surface area contributed by atoms with E-state index < -0.39 is 21.7 Å². The van der Waals surface area contributed by atoms with Crippen LogP contribution in [0.5, 0.6) is 0 Å². The van der Waals surface area contributed by atoms with Crippen molar-refractivity contribution in [2.75, 3.05) is 13.1 Å². The Morgan fingerprint density at radius 2 is 1.92 bits per heavy atom. The van der Waals surface area contributed by atoms with Crippen LogP contribution >= 0.6 is 15.9 Å². The Hall–Kier alpha value is -1.12. The molecule has 1 heterocycles. The molecule has 1 aromatic rings. The van der Waals surface area contributed by atoms with Crippen LogP contribution in [0, 0.1) is 0 Å². The van der Waals surface area contributed by atoms with Gasteiger partial charge in [0.15, 0.2) is 0 Å². The first-order valence-corrected chi connectivity index (χ1v) is 10.1. The summed E-state index contributed by atoms with van der Waals surface area (Å²) in [5.74, 6) is 0. The summed E-state index contributed by atoms with van der Waals surface area (Å²) in [6, 6.07) is 6.60. The number of benzene rings is 1. The molecule has 0 bridgehead atoms. The number of nitrogens with zero attached hydrogens (tertiary/aromatic N) is 1. The van der Waals surface area contributed by atoms with E-state index in [1.807, 2.05) is 0 Å². The summed E-state index contributed by atoms with van der Waals surface area (Å²) in [7, 11) is -3.51. The molecule has 0 spiro atoms. The van der Waals surface area contributed by atoms with E-state index in [-0.39, 0.29) is 10.9 Å². The number of carbonyl (C=O) groups excluding carboxylic acids is 1. The van der Waals surface area contributed by atoms with Gasteiger partial charge >= 0.3 is 6.09 Å². The largest absolute Gasteiger partial charge is 0.444 e. The van der Waals surface area contributed by atoms with Crippen LogP contribution in [-0.2, 0) is 14.8 Å². The number of sulfonamides is 1. The lowest BCUT2D eigenvalue weighted by molar-refractivity contribution is 0.0489. The molecule has 1 fully saturated rings. The highest BCUT2D eigenvalue weighted by atomic mass is 79.9. The smallest absolute Gasteiger partial charge is 0.407 e. The molecule has 1 N–H and O–H groups in total. The summed E-state index contributed by atoms with van der Waals surface area (Å²) < 4.78 is 32.7. The van der Waals surface area contributed by atoms with E-state index in [4.69, 9.17) is 4.74 Å². The average molecular weight is 419 g/mol. The third kappa shape index (κ3) is 5.19. The minimum absolute atomic E-state index is 0.0752. The highest BCUT2D eigenvalue weighted by Gasteiger charge is 2.30. The third-order valence-corrected chi connectivity index (χ3v) is 6.00. The van der Waals surface area contributed by atoms with Gasteiger partial charge in [0.1, 0.15) is 5.60 Å². The van der Waals surface area contributed by atoms with E-state index in [1.165, 1.54) is 4.31 Å². The lowest BCUT2D eigenvalue weighted by Crippen LogP contribution is -2.47. The fourth-order valence-electron chi connectivity index (χ4n) is 2.49. The maximum absolute atomic E-state index is 12.6. The zero-order valence-electron chi connectivity index (χ0n) is 14.1. The van der Waals surface area contributed by atoms with Gasteiger partial charge in [0.25, 0.3) is 0 Å². The van der Waals surface area contributed by atoms with Crippen LogP contribution in [0.1, 0.15) is 33.6 Å². The van der Waals surface area contributed by atoms with Crippen molar-refractivity contribution in [2.45, 2.75) is 50.2 Å². The second-order valence-electron chi connectivity index (χ2n) is 6.78. The molecule has 8 heteroatoms. The van der Waals surface area contributed by atoms with Gasteiger partial charge in [-0.1, -0.05) is 22.0 Å². The molecule has 0 aliphatic carbocycles. The van der Waals surface area contributed by atoms with Crippen LogP contribution in [0.4, 0.5) is 4.79 Å². The molecule has 1 aliphatic rings. The normalized spacial score (nSPS) is 17.5. The Morgan fingerprint density at radius 1 is 1.29 bits per heavy atom. The van der Waals surface area contributed by atoms with E-state index in [1.54, 1.807) is 45.0 Å². The van der Waals surface area contributed by atoms with Crippen LogP contribution in [0.25, 0.3) is 0 Å². The summed E-state index contributed by atoms with van der Waals surface area (Å²) in [4.78, 5) is 12.1. The first-order valence-electron chi connectivity index (χ1n) is 7.83. The molecule has 1 aliphatic heterocycles. The van der Waals surface area contributed by atoms with Gasteiger partial charge in [0.05, 0.1) is 4.90 Å². The summed E-state index contributed by atoms with van der Waals surface area (Å²) in [6.07, 6.45) is 0.662. The zero-order chi connectivity index (χ0) is 18.0. The number of carbonyl (C=O) groups is 1. The van der Waals surface area contributed by atoms with Crippen LogP contribution < -0.4 is 5.32 Å². The number of alkyl carbamates (subject to hydrolysis) is 1. The summed E-state index contributed by atoms with van der Waals surface area (Å²) in [6.45, 7) is 6.16. The minimum atomic E-state index is -3.51. The van der Waals surface area contributed by atoms with Crippen molar-refractivity contribution < 1.29 is 17.9 Å². The lowest BCUT2D eigenvalue weighted by atomic mass is 10.1. The maximum Gasteiger partial charge on any atom is 0.407 e. The highest BCUT2D eigenvalue weighted by Crippen LogP contribution is 2.23. The molecule has 1 saturated heterocycles. The van der Waals surface area contributed by atoms with E-state index >= 15 is 0 Å². The predicted octanol–water partition coefficient (Wildman–Crippen LogP) is 3.13. The number of hydrogen-bond donors (Lipinski definition) is 1. The molecular weight excluding hydrogens is 396 g/mol. The number of amides is 1. The standard InChI is InChI=1S/C16H23BrN2O4S/c1-16(2,3)23-15(20)18-13-7-9-19(10-8-13)24(21,22)14-6-4-5-12(17)11-14/h4-6,11,13H,7-10H2,1-3H3,(H,18,20). The molecule has 0 atom stereocenters. The molecule has 24 heavy (non-hydrogen) atoms. The summed E-state index contributed by atoms with van der Waals surface area (Å²) in [5, 5.41) is 2.81. The van der Waals surface area contributed by atoms with Crippen molar-refractivity contribution in [1.82, 2.24) is 9.62 Å². The third-order valence-electron chi connectivity index (χ3n) is 3.61. The number of piperidine rings is 1. The molecule has 0 saturated carbocycles. The molecule has 1 aromatic carbocycles. The SMILES string of the molecule is CC(C)(C)OC(=O)NC1CCN(S(=O)(=O)c2cccc(Br)c2)CC1. The fraction of sp³-hybridized carbons (Fsp3) is 0.562. The van der Waals surface area contributed by atoms with Crippen LogP contribution in [-0.4, -0.2) is 43.5 Å². The fourth-order valence-corrected chi connectivity index (χ4v) is 4.56. The molecule has 1 amide bonds. The number of hydrogen-bond acceptors (Lipinski definition) is 4. The van der Waals surface area contributed by atoms with E-state index in [2.05, 4.69) is 21.2 Å². The van der Waals surface area contributed by atoms with Gasteiger partial charge in [-0.2, -0.15) is 4.31 Å². The molecule has 0 aromatic heterocycles. The molecular formula is C16H23BrN2O4S. The van der Waals surface area contributed by atoms with Gasteiger partial charge in [0.2, 0.25) is 10.0 Å². The van der Waals surface area contributed by atoms with Crippen molar-refractivity contribution in [2.24, 2.45) is 0 Å². The number of halogens is 1. The van der Waals surface area contributed by atoms with Crippen molar-refractivity contribution in [3.05, 3.63) is 28.7 Å². The maximum atomic E-state index is 12.6. The Balaban J connectivity index is 1.94. The second kappa shape index (κ2) is 7.41. The van der Waals surface area contributed by atoms with Crippen LogP contribution in [0.3, 0.4) is 0 Å². The Bertz CT molecular complexity index is 692. The Kier molecular flexibility index (Phi) is 5.93. The molecule has 6 nitrogen and oxygen atoms in total. The predicted molar refractivity (Wildman–Crippen MR) is 95.3 cm³/mol. The number of rotatable bonds is 3. The highest BCUT2D eigenvalue weighted by molar-refractivity contribution is 9.10. The van der Waals surface area contributed by atoms with Crippen LogP contribution in [0.15, 0.2) is 33.6 Å². The van der Waals surface area contributed by atoms with Crippen molar-refractivity contribution in [3.8, 4) is 0 Å². The van der Waals surface area contributed by atoms with Crippen molar-refractivity contribution in [3.63, 3.8) is 0 Å². The number of nitrogens with one attached hydrogen (secondary N) is 1. The Labute approximate surface area is 151 Å². The van der Waals surface area contributed by atoms with Gasteiger partial charge in [-0.15, -0.1) is 0 Å². The monoisotopic (exact) mass is 418 g/mol.